The summed E-state index contributed by atoms with van der Waals surface area (Å²) in [6.07, 6.45) is 5.50. The zero-order valence-electron chi connectivity index (χ0n) is 9.38. The number of allylic oxidation sites excluding steroid dienone is 5. The predicted octanol–water partition coefficient (Wildman–Crippen LogP) is 4.45. The van der Waals surface area contributed by atoms with Gasteiger partial charge in [0.2, 0.25) is 0 Å². The van der Waals surface area contributed by atoms with Crippen LogP contribution in [0.4, 0.5) is 0 Å². The summed E-state index contributed by atoms with van der Waals surface area (Å²) in [6.45, 7) is 8.44. The molecule has 0 N–H and O–H groups in total. The predicted molar refractivity (Wildman–Crippen MR) is 67.5 cm³/mol. The Kier molecular flexibility index (Phi) is 2.59. The van der Waals surface area contributed by atoms with E-state index >= 15 is 0 Å². The lowest BCUT2D eigenvalue weighted by Crippen LogP contribution is -1.79. The van der Waals surface area contributed by atoms with Crippen LogP contribution in [0.5, 0.6) is 0 Å². The smallest absolute Gasteiger partial charge is 0.0103 e. The summed E-state index contributed by atoms with van der Waals surface area (Å²) in [5.41, 5.74) is 6.41. The maximum atomic E-state index is 4.18. The van der Waals surface area contributed by atoms with E-state index in [2.05, 4.69) is 56.8 Å². The van der Waals surface area contributed by atoms with Crippen LogP contribution in [0.25, 0.3) is 11.1 Å². The standard InChI is InChI=1S/C15H16/c1-4-8-13-11(3)14-9-6-7-10-15(14)12(13)5-2/h5-10H,3-4H2,1-2H3/b12-5+,13-8-. The first-order chi connectivity index (χ1) is 7.29. The zero-order valence-corrected chi connectivity index (χ0v) is 9.38. The Morgan fingerprint density at radius 3 is 2.40 bits per heavy atom. The Hall–Kier alpha value is -1.56. The number of rotatable bonds is 1. The summed E-state index contributed by atoms with van der Waals surface area (Å²) in [6, 6.07) is 8.49. The minimum Gasteiger partial charge on any atom is -0.0905 e. The topological polar surface area (TPSA) is 0 Å². The Labute approximate surface area is 91.6 Å². The molecule has 0 unspecified atom stereocenters. The Morgan fingerprint density at radius 2 is 1.80 bits per heavy atom. The minimum atomic E-state index is 1.06. The second kappa shape index (κ2) is 3.90. The molecule has 0 spiro atoms. The van der Waals surface area contributed by atoms with Crippen LogP contribution in [0.15, 0.2) is 48.6 Å². The van der Waals surface area contributed by atoms with Crippen molar-refractivity contribution < 1.29 is 0 Å². The van der Waals surface area contributed by atoms with Gasteiger partial charge in [-0.1, -0.05) is 49.9 Å². The number of fused-ring (bicyclic) bond motifs is 1. The van der Waals surface area contributed by atoms with Crippen LogP contribution in [-0.2, 0) is 0 Å². The van der Waals surface area contributed by atoms with Crippen LogP contribution < -0.4 is 0 Å². The first-order valence-electron chi connectivity index (χ1n) is 5.45. The highest BCUT2D eigenvalue weighted by molar-refractivity contribution is 6.07. The van der Waals surface area contributed by atoms with Crippen molar-refractivity contribution >= 4 is 11.1 Å². The molecule has 0 heteroatoms. The van der Waals surface area contributed by atoms with E-state index in [1.165, 1.54) is 27.8 Å². The highest BCUT2D eigenvalue weighted by Crippen LogP contribution is 2.43. The maximum absolute atomic E-state index is 4.18. The molecule has 0 saturated carbocycles. The fourth-order valence-corrected chi connectivity index (χ4v) is 2.18. The van der Waals surface area contributed by atoms with Crippen LogP contribution in [0.3, 0.4) is 0 Å². The van der Waals surface area contributed by atoms with Gasteiger partial charge in [0.15, 0.2) is 0 Å². The van der Waals surface area contributed by atoms with E-state index in [9.17, 15) is 0 Å². The van der Waals surface area contributed by atoms with E-state index in [1.54, 1.807) is 0 Å². The van der Waals surface area contributed by atoms with Crippen molar-refractivity contribution in [3.63, 3.8) is 0 Å². The highest BCUT2D eigenvalue weighted by atomic mass is 14.3. The van der Waals surface area contributed by atoms with Crippen molar-refractivity contribution in [3.8, 4) is 0 Å². The fourth-order valence-electron chi connectivity index (χ4n) is 2.18. The van der Waals surface area contributed by atoms with Gasteiger partial charge in [-0.2, -0.15) is 0 Å². The monoisotopic (exact) mass is 196 g/mol. The molecular weight excluding hydrogens is 180 g/mol. The lowest BCUT2D eigenvalue weighted by molar-refractivity contribution is 1.22. The van der Waals surface area contributed by atoms with Gasteiger partial charge in [0.25, 0.3) is 0 Å². The molecule has 0 aliphatic heterocycles. The molecule has 0 nitrogen and oxygen atoms in total. The average Bonchev–Trinajstić information content (AvgIpc) is 2.54. The molecule has 0 heterocycles. The highest BCUT2D eigenvalue weighted by Gasteiger charge is 2.22. The summed E-state index contributed by atoms with van der Waals surface area (Å²) >= 11 is 0. The molecule has 1 aromatic carbocycles. The summed E-state index contributed by atoms with van der Waals surface area (Å²) in [4.78, 5) is 0. The van der Waals surface area contributed by atoms with Gasteiger partial charge in [0, 0.05) is 0 Å². The third-order valence-corrected chi connectivity index (χ3v) is 2.85. The lowest BCUT2D eigenvalue weighted by Gasteiger charge is -2.00. The average molecular weight is 196 g/mol. The molecule has 0 bridgehead atoms. The van der Waals surface area contributed by atoms with Gasteiger partial charge in [-0.15, -0.1) is 0 Å². The molecule has 1 aliphatic rings. The van der Waals surface area contributed by atoms with Crippen molar-refractivity contribution in [1.29, 1.82) is 0 Å². The molecule has 2 rings (SSSR count). The van der Waals surface area contributed by atoms with Crippen molar-refractivity contribution in [2.45, 2.75) is 20.3 Å². The molecule has 0 aromatic heterocycles. The van der Waals surface area contributed by atoms with Crippen LogP contribution in [0.2, 0.25) is 0 Å². The lowest BCUT2D eigenvalue weighted by atomic mass is 10.0. The van der Waals surface area contributed by atoms with Gasteiger partial charge in [-0.25, -0.2) is 0 Å². The summed E-state index contributed by atoms with van der Waals surface area (Å²) < 4.78 is 0. The van der Waals surface area contributed by atoms with Crippen molar-refractivity contribution in [3.05, 3.63) is 59.7 Å². The number of hydrogen-bond donors (Lipinski definition) is 0. The third-order valence-electron chi connectivity index (χ3n) is 2.85. The first kappa shape index (κ1) is 9.97. The van der Waals surface area contributed by atoms with E-state index in [1.807, 2.05) is 0 Å². The van der Waals surface area contributed by atoms with Crippen molar-refractivity contribution in [1.82, 2.24) is 0 Å². The molecule has 15 heavy (non-hydrogen) atoms. The molecule has 0 radical (unpaired) electrons. The second-order valence-corrected chi connectivity index (χ2v) is 3.75. The molecule has 1 aromatic rings. The van der Waals surface area contributed by atoms with Crippen LogP contribution >= 0.6 is 0 Å². The second-order valence-electron chi connectivity index (χ2n) is 3.75. The quantitative estimate of drug-likeness (QED) is 0.622. The fraction of sp³-hybridized carbons (Fsp3) is 0.200. The van der Waals surface area contributed by atoms with E-state index in [4.69, 9.17) is 0 Å². The van der Waals surface area contributed by atoms with Gasteiger partial charge in [0.1, 0.15) is 0 Å². The van der Waals surface area contributed by atoms with Crippen LogP contribution in [-0.4, -0.2) is 0 Å². The largest absolute Gasteiger partial charge is 0.0905 e. The molecule has 1 aliphatic carbocycles. The van der Waals surface area contributed by atoms with E-state index in [-0.39, 0.29) is 0 Å². The molecule has 0 atom stereocenters. The third kappa shape index (κ3) is 1.46. The Bertz CT molecular complexity index is 459. The van der Waals surface area contributed by atoms with Crippen molar-refractivity contribution in [2.75, 3.05) is 0 Å². The normalized spacial score (nSPS) is 20.0. The molecule has 0 fully saturated rings. The molecule has 76 valence electrons. The van der Waals surface area contributed by atoms with Gasteiger partial charge in [-0.05, 0) is 41.2 Å². The van der Waals surface area contributed by atoms with Crippen molar-refractivity contribution in [2.24, 2.45) is 0 Å². The maximum Gasteiger partial charge on any atom is -0.0103 e. The summed E-state index contributed by atoms with van der Waals surface area (Å²) in [7, 11) is 0. The zero-order chi connectivity index (χ0) is 10.8. The van der Waals surface area contributed by atoms with Gasteiger partial charge in [0.05, 0.1) is 0 Å². The van der Waals surface area contributed by atoms with Crippen LogP contribution in [0.1, 0.15) is 31.4 Å². The van der Waals surface area contributed by atoms with Crippen LogP contribution in [0, 0.1) is 0 Å². The van der Waals surface area contributed by atoms with E-state index in [0.29, 0.717) is 0 Å². The number of benzene rings is 1. The molecule has 0 amide bonds. The first-order valence-corrected chi connectivity index (χ1v) is 5.45. The Morgan fingerprint density at radius 1 is 1.13 bits per heavy atom. The molecular formula is C15H16. The van der Waals surface area contributed by atoms with E-state index in [0.717, 1.165) is 6.42 Å². The summed E-state index contributed by atoms with van der Waals surface area (Å²) in [5.74, 6) is 0. The molecule has 0 saturated heterocycles. The SMILES string of the molecule is C=C1C(=C/CC)/C(=C\C)c2ccccc21. The Balaban J connectivity index is 2.64. The number of hydrogen-bond acceptors (Lipinski definition) is 0. The van der Waals surface area contributed by atoms with Gasteiger partial charge < -0.3 is 0 Å². The van der Waals surface area contributed by atoms with E-state index < -0.39 is 0 Å². The van der Waals surface area contributed by atoms with Gasteiger partial charge >= 0.3 is 0 Å². The minimum absolute atomic E-state index is 1.06. The summed E-state index contributed by atoms with van der Waals surface area (Å²) in [5, 5.41) is 0. The van der Waals surface area contributed by atoms with Gasteiger partial charge in [-0.3, -0.25) is 0 Å².